The van der Waals surface area contributed by atoms with E-state index in [4.69, 9.17) is 9.47 Å². The lowest BCUT2D eigenvalue weighted by atomic mass is 9.83. The summed E-state index contributed by atoms with van der Waals surface area (Å²) in [4.78, 5) is 55.7. The zero-order valence-corrected chi connectivity index (χ0v) is 22.9. The fourth-order valence-electron chi connectivity index (χ4n) is 7.06. The highest BCUT2D eigenvalue weighted by atomic mass is 16.5. The molecule has 208 valence electrons. The Morgan fingerprint density at radius 3 is 2.49 bits per heavy atom. The molecular formula is C32H29N3O6. The molecule has 7 rings (SSSR count). The van der Waals surface area contributed by atoms with E-state index in [0.29, 0.717) is 53.2 Å². The van der Waals surface area contributed by atoms with Crippen molar-refractivity contribution < 1.29 is 19.1 Å². The number of rotatable bonds is 5. The van der Waals surface area contributed by atoms with Crippen molar-refractivity contribution in [1.29, 1.82) is 0 Å². The number of hydrogen-bond acceptors (Lipinski definition) is 6. The van der Waals surface area contributed by atoms with Crippen molar-refractivity contribution in [2.45, 2.75) is 31.8 Å². The fourth-order valence-corrected chi connectivity index (χ4v) is 7.06. The van der Waals surface area contributed by atoms with Gasteiger partial charge in [-0.1, -0.05) is 30.3 Å². The standard InChI is InChI=1S/C32H29N3O6/c1-40-24-11-10-22-27-29(20-6-3-4-7-21(20)30(27)38)34(32(39)28(22)31(24)41-2)13-12-25(36)33-15-18-14-19(17-33)23-8-5-9-26(37)35(23)16-18/h3-11,18-19H,12-17H2,1-2H3/t18-,19+/m1/s1. The van der Waals surface area contributed by atoms with E-state index in [1.807, 2.05) is 27.7 Å². The van der Waals surface area contributed by atoms with Crippen LogP contribution in [0.25, 0.3) is 22.0 Å². The number of nitrogens with zero attached hydrogens (tertiary/aromatic N) is 3. The zero-order chi connectivity index (χ0) is 28.4. The second kappa shape index (κ2) is 9.47. The molecule has 2 bridgehead atoms. The van der Waals surface area contributed by atoms with Gasteiger partial charge in [0.2, 0.25) is 5.91 Å². The number of hydrogen-bond donors (Lipinski definition) is 0. The first-order valence-corrected chi connectivity index (χ1v) is 13.8. The summed E-state index contributed by atoms with van der Waals surface area (Å²) in [6, 6.07) is 16.0. The van der Waals surface area contributed by atoms with E-state index in [2.05, 4.69) is 0 Å². The lowest BCUT2D eigenvalue weighted by Crippen LogP contribution is -2.49. The van der Waals surface area contributed by atoms with Crippen LogP contribution in [-0.2, 0) is 17.9 Å². The summed E-state index contributed by atoms with van der Waals surface area (Å²) in [5.74, 6) is 0.753. The molecule has 1 amide bonds. The molecule has 9 heteroatoms. The average molecular weight is 552 g/mol. The van der Waals surface area contributed by atoms with Crippen molar-refractivity contribution in [3.63, 3.8) is 0 Å². The second-order valence-electron chi connectivity index (χ2n) is 11.0. The molecule has 2 aromatic heterocycles. The van der Waals surface area contributed by atoms with Crippen molar-refractivity contribution >= 4 is 22.5 Å². The summed E-state index contributed by atoms with van der Waals surface area (Å²) >= 11 is 0. The number of piperidine rings is 1. The predicted octanol–water partition coefficient (Wildman–Crippen LogP) is 3.43. The van der Waals surface area contributed by atoms with Gasteiger partial charge in [0, 0.05) is 66.8 Å². The summed E-state index contributed by atoms with van der Waals surface area (Å²) in [6.07, 6.45) is 1.05. The van der Waals surface area contributed by atoms with Gasteiger partial charge < -0.3 is 23.5 Å². The molecular weight excluding hydrogens is 522 g/mol. The number of likely N-dealkylation sites (tertiary alicyclic amines) is 1. The topological polar surface area (TPSA) is 99.8 Å². The molecule has 2 aromatic carbocycles. The number of benzene rings is 2. The summed E-state index contributed by atoms with van der Waals surface area (Å²) in [7, 11) is 2.96. The number of fused-ring (bicyclic) bond motifs is 9. The lowest BCUT2D eigenvalue weighted by molar-refractivity contribution is -0.134. The van der Waals surface area contributed by atoms with Gasteiger partial charge in [-0.3, -0.25) is 19.2 Å². The number of carbonyl (C=O) groups excluding carboxylic acids is 2. The van der Waals surface area contributed by atoms with E-state index in [9.17, 15) is 19.2 Å². The molecule has 2 aliphatic heterocycles. The molecule has 4 aromatic rings. The highest BCUT2D eigenvalue weighted by molar-refractivity contribution is 6.27. The minimum absolute atomic E-state index is 0.00315. The molecule has 0 N–H and O–H groups in total. The third-order valence-corrected chi connectivity index (χ3v) is 8.82. The molecule has 0 spiro atoms. The van der Waals surface area contributed by atoms with Crippen molar-refractivity contribution in [2.75, 3.05) is 27.3 Å². The maximum absolute atomic E-state index is 14.1. The van der Waals surface area contributed by atoms with Crippen LogP contribution < -0.4 is 20.6 Å². The zero-order valence-electron chi connectivity index (χ0n) is 22.9. The van der Waals surface area contributed by atoms with Crippen molar-refractivity contribution in [3.8, 4) is 22.8 Å². The number of pyridine rings is 2. The maximum Gasteiger partial charge on any atom is 0.262 e. The van der Waals surface area contributed by atoms with Crippen LogP contribution in [0.4, 0.5) is 0 Å². The Morgan fingerprint density at radius 2 is 1.71 bits per heavy atom. The number of aromatic nitrogens is 2. The van der Waals surface area contributed by atoms with Gasteiger partial charge in [0.1, 0.15) is 0 Å². The number of methoxy groups -OCH3 is 2. The van der Waals surface area contributed by atoms with Gasteiger partial charge in [-0.25, -0.2) is 0 Å². The van der Waals surface area contributed by atoms with Crippen molar-refractivity contribution in [2.24, 2.45) is 5.92 Å². The minimum atomic E-state index is -0.337. The van der Waals surface area contributed by atoms with Crippen LogP contribution >= 0.6 is 0 Å². The summed E-state index contributed by atoms with van der Waals surface area (Å²) in [5, 5.41) is 0.762. The van der Waals surface area contributed by atoms with Crippen LogP contribution in [0.1, 0.15) is 40.4 Å². The van der Waals surface area contributed by atoms with Gasteiger partial charge in [0.15, 0.2) is 17.3 Å². The third kappa shape index (κ3) is 3.75. The average Bonchev–Trinajstić information content (AvgIpc) is 3.28. The third-order valence-electron chi connectivity index (χ3n) is 8.82. The highest BCUT2D eigenvalue weighted by Crippen LogP contribution is 2.43. The van der Waals surface area contributed by atoms with Gasteiger partial charge in [-0.2, -0.15) is 0 Å². The van der Waals surface area contributed by atoms with E-state index < -0.39 is 0 Å². The van der Waals surface area contributed by atoms with Crippen molar-refractivity contribution in [3.05, 3.63) is 92.1 Å². The van der Waals surface area contributed by atoms with E-state index in [1.54, 1.807) is 41.0 Å². The van der Waals surface area contributed by atoms with Crippen LogP contribution in [0.15, 0.2) is 64.2 Å². The first-order chi connectivity index (χ1) is 19.9. The molecule has 1 fully saturated rings. The second-order valence-corrected chi connectivity index (χ2v) is 11.0. The lowest BCUT2D eigenvalue weighted by Gasteiger charge is -2.42. The quantitative estimate of drug-likeness (QED) is 0.332. The normalized spacial score (nSPS) is 18.6. The summed E-state index contributed by atoms with van der Waals surface area (Å²) in [6.45, 7) is 1.83. The Kier molecular flexibility index (Phi) is 5.85. The molecule has 2 atom stereocenters. The van der Waals surface area contributed by atoms with Gasteiger partial charge in [0.25, 0.3) is 11.1 Å². The SMILES string of the molecule is COc1ccc2c3c(n(CCC(=O)N4C[C@H]5C[C@@H](C4)c4cccc(=O)n4C5)c(=O)c2c1OC)-c1ccccc1C3=O. The number of ether oxygens (including phenoxy) is 2. The largest absolute Gasteiger partial charge is 0.493 e. The fraction of sp³-hybridized carbons (Fsp3) is 0.312. The Labute approximate surface area is 235 Å². The molecule has 41 heavy (non-hydrogen) atoms. The van der Waals surface area contributed by atoms with Gasteiger partial charge in [-0.15, -0.1) is 0 Å². The smallest absolute Gasteiger partial charge is 0.262 e. The number of carbonyl (C=O) groups is 2. The molecule has 1 saturated heterocycles. The van der Waals surface area contributed by atoms with Crippen molar-refractivity contribution in [1.82, 2.24) is 14.0 Å². The van der Waals surface area contributed by atoms with Gasteiger partial charge in [0.05, 0.1) is 30.9 Å². The monoisotopic (exact) mass is 551 g/mol. The van der Waals surface area contributed by atoms with Crippen LogP contribution in [0, 0.1) is 5.92 Å². The maximum atomic E-state index is 14.1. The molecule has 1 aliphatic carbocycles. The van der Waals surface area contributed by atoms with Crippen LogP contribution in [-0.4, -0.2) is 53.0 Å². The highest BCUT2D eigenvalue weighted by Gasteiger charge is 2.37. The Balaban J connectivity index is 1.27. The van der Waals surface area contributed by atoms with Gasteiger partial charge in [-0.05, 0) is 30.5 Å². The number of ketones is 1. The van der Waals surface area contributed by atoms with Crippen LogP contribution in [0.5, 0.6) is 11.5 Å². The molecule has 9 nitrogen and oxygen atoms in total. The molecule has 0 unspecified atom stereocenters. The Bertz CT molecular complexity index is 1890. The molecule has 4 heterocycles. The number of amides is 1. The summed E-state index contributed by atoms with van der Waals surface area (Å²) in [5.41, 5.74) is 2.83. The van der Waals surface area contributed by atoms with Crippen LogP contribution in [0.2, 0.25) is 0 Å². The van der Waals surface area contributed by atoms with E-state index in [0.717, 1.165) is 12.1 Å². The summed E-state index contributed by atoms with van der Waals surface area (Å²) < 4.78 is 14.5. The Morgan fingerprint density at radius 1 is 0.902 bits per heavy atom. The van der Waals surface area contributed by atoms with Crippen LogP contribution in [0.3, 0.4) is 0 Å². The Hall–Kier alpha value is -4.66. The van der Waals surface area contributed by atoms with E-state index in [1.165, 1.54) is 14.2 Å². The van der Waals surface area contributed by atoms with E-state index >= 15 is 0 Å². The molecule has 0 saturated carbocycles. The predicted molar refractivity (Wildman–Crippen MR) is 153 cm³/mol. The molecule has 0 radical (unpaired) electrons. The minimum Gasteiger partial charge on any atom is -0.493 e. The first-order valence-electron chi connectivity index (χ1n) is 13.8. The van der Waals surface area contributed by atoms with Gasteiger partial charge >= 0.3 is 0 Å². The first kappa shape index (κ1) is 25.3. The van der Waals surface area contributed by atoms with E-state index in [-0.39, 0.29) is 58.7 Å². The molecule has 3 aliphatic rings.